The largest absolute Gasteiger partial charge is 0.411 e. The Balaban J connectivity index is 1.78. The van der Waals surface area contributed by atoms with E-state index in [1.807, 2.05) is 78.6 Å². The van der Waals surface area contributed by atoms with E-state index < -0.39 is 11.1 Å². The zero-order chi connectivity index (χ0) is 21.4. The van der Waals surface area contributed by atoms with Crippen LogP contribution in [-0.2, 0) is 11.1 Å². The number of para-hydroxylation sites is 3. The van der Waals surface area contributed by atoms with Crippen molar-refractivity contribution in [2.45, 2.75) is 38.3 Å². The molecule has 0 amide bonds. The van der Waals surface area contributed by atoms with E-state index in [1.165, 1.54) is 6.21 Å². The van der Waals surface area contributed by atoms with Crippen molar-refractivity contribution in [3.05, 3.63) is 61.1 Å². The van der Waals surface area contributed by atoms with Gasteiger partial charge in [-0.05, 0) is 39.0 Å². The molecule has 0 bridgehead atoms. The quantitative estimate of drug-likeness (QED) is 0.285. The molecule has 8 heteroatoms. The van der Waals surface area contributed by atoms with E-state index >= 15 is 0 Å². The van der Waals surface area contributed by atoms with Gasteiger partial charge in [-0.2, -0.15) is 5.10 Å². The van der Waals surface area contributed by atoms with Crippen molar-refractivity contribution in [2.24, 2.45) is 10.3 Å². The second-order valence-corrected chi connectivity index (χ2v) is 8.10. The molecule has 0 radical (unpaired) electrons. The number of aromatic nitrogens is 4. The van der Waals surface area contributed by atoms with Crippen molar-refractivity contribution in [3.8, 4) is 0 Å². The first-order valence-electron chi connectivity index (χ1n) is 9.66. The predicted octanol–water partition coefficient (Wildman–Crippen LogP) is 4.22. The lowest BCUT2D eigenvalue weighted by atomic mass is 9.86. The number of fused-ring (bicyclic) bond motifs is 2. The monoisotopic (exact) mass is 404 g/mol. The molecule has 4 aromatic rings. The zero-order valence-electron chi connectivity index (χ0n) is 17.1. The van der Waals surface area contributed by atoms with E-state index in [4.69, 9.17) is 0 Å². The van der Waals surface area contributed by atoms with Crippen molar-refractivity contribution in [1.29, 1.82) is 0 Å². The van der Waals surface area contributed by atoms with Gasteiger partial charge in [-0.3, -0.25) is 4.68 Å². The molecule has 30 heavy (non-hydrogen) atoms. The van der Waals surface area contributed by atoms with Crippen LogP contribution < -0.4 is 0 Å². The average Bonchev–Trinajstić information content (AvgIpc) is 3.37. The van der Waals surface area contributed by atoms with Gasteiger partial charge in [0, 0.05) is 11.8 Å². The highest BCUT2D eigenvalue weighted by Gasteiger charge is 2.37. The van der Waals surface area contributed by atoms with Crippen molar-refractivity contribution in [2.75, 3.05) is 0 Å². The number of rotatable bonds is 6. The second kappa shape index (κ2) is 7.29. The van der Waals surface area contributed by atoms with E-state index in [0.717, 1.165) is 21.9 Å². The van der Waals surface area contributed by atoms with Gasteiger partial charge in [-0.1, -0.05) is 40.6 Å². The van der Waals surface area contributed by atoms with Crippen LogP contribution in [0.3, 0.4) is 0 Å². The number of nitrogens with zero attached hydrogens (tertiary/aromatic N) is 6. The minimum absolute atomic E-state index is 0.273. The standard InChI is InChI=1S/C22H24N6O2/c1-21(2,28-18-10-6-4-8-16(18)13-24-28)20(26-30)12-22(3,14-25-29)27-15-23-17-9-5-7-11-19(17)27/h4-11,13-15,29-30H,12H2,1-3H3. The Labute approximate surface area is 173 Å². The third-order valence-electron chi connectivity index (χ3n) is 5.70. The van der Waals surface area contributed by atoms with Crippen LogP contribution in [0, 0.1) is 0 Å². The molecule has 4 rings (SSSR count). The molecule has 2 aromatic heterocycles. The van der Waals surface area contributed by atoms with Crippen LogP contribution in [-0.4, -0.2) is 41.7 Å². The van der Waals surface area contributed by atoms with Gasteiger partial charge in [0.1, 0.15) is 0 Å². The molecule has 2 N–H and O–H groups in total. The van der Waals surface area contributed by atoms with E-state index in [-0.39, 0.29) is 6.42 Å². The summed E-state index contributed by atoms with van der Waals surface area (Å²) in [6, 6.07) is 15.6. The Hall–Kier alpha value is -3.68. The smallest absolute Gasteiger partial charge is 0.0991 e. The van der Waals surface area contributed by atoms with Gasteiger partial charge in [-0.15, -0.1) is 0 Å². The lowest BCUT2D eigenvalue weighted by molar-refractivity contribution is 0.295. The molecule has 1 atom stereocenters. The summed E-state index contributed by atoms with van der Waals surface area (Å²) in [5, 5.41) is 31.9. The molecule has 0 fully saturated rings. The maximum atomic E-state index is 9.99. The predicted molar refractivity (Wildman–Crippen MR) is 117 cm³/mol. The highest BCUT2D eigenvalue weighted by atomic mass is 16.4. The zero-order valence-corrected chi connectivity index (χ0v) is 17.1. The van der Waals surface area contributed by atoms with Crippen LogP contribution in [0.1, 0.15) is 27.2 Å². The summed E-state index contributed by atoms with van der Waals surface area (Å²) in [6.07, 6.45) is 5.21. The van der Waals surface area contributed by atoms with Gasteiger partial charge in [0.2, 0.25) is 0 Å². The Morgan fingerprint density at radius 3 is 2.47 bits per heavy atom. The first-order valence-corrected chi connectivity index (χ1v) is 9.66. The lowest BCUT2D eigenvalue weighted by Crippen LogP contribution is -2.43. The number of hydrogen-bond acceptors (Lipinski definition) is 6. The fourth-order valence-corrected chi connectivity index (χ4v) is 3.94. The number of oxime groups is 2. The summed E-state index contributed by atoms with van der Waals surface area (Å²) in [7, 11) is 0. The Morgan fingerprint density at radius 1 is 1.03 bits per heavy atom. The first kappa shape index (κ1) is 19.6. The van der Waals surface area contributed by atoms with Crippen molar-refractivity contribution >= 4 is 33.9 Å². The van der Waals surface area contributed by atoms with Crippen LogP contribution in [0.25, 0.3) is 21.9 Å². The second-order valence-electron chi connectivity index (χ2n) is 8.10. The summed E-state index contributed by atoms with van der Waals surface area (Å²) in [6.45, 7) is 5.80. The Morgan fingerprint density at radius 2 is 1.73 bits per heavy atom. The minimum atomic E-state index is -0.827. The first-order chi connectivity index (χ1) is 14.4. The van der Waals surface area contributed by atoms with Crippen molar-refractivity contribution in [1.82, 2.24) is 19.3 Å². The number of imidazole rings is 1. The van der Waals surface area contributed by atoms with E-state index in [2.05, 4.69) is 20.4 Å². The molecule has 154 valence electrons. The van der Waals surface area contributed by atoms with Gasteiger partial charge in [0.05, 0.1) is 52.1 Å². The summed E-state index contributed by atoms with van der Waals surface area (Å²) in [5.41, 5.74) is 1.58. The SMILES string of the molecule is CC(C=NO)(CC(=NO)C(C)(C)n1ncc2ccccc21)n1cnc2ccccc21. The summed E-state index contributed by atoms with van der Waals surface area (Å²) in [5.74, 6) is 0. The van der Waals surface area contributed by atoms with Gasteiger partial charge in [-0.25, -0.2) is 4.98 Å². The summed E-state index contributed by atoms with van der Waals surface area (Å²) in [4.78, 5) is 4.45. The van der Waals surface area contributed by atoms with Crippen LogP contribution >= 0.6 is 0 Å². The van der Waals surface area contributed by atoms with Gasteiger partial charge in [0.25, 0.3) is 0 Å². The average molecular weight is 404 g/mol. The van der Waals surface area contributed by atoms with Gasteiger partial charge >= 0.3 is 0 Å². The number of benzene rings is 2. The molecular weight excluding hydrogens is 380 g/mol. The number of hydrogen-bond donors (Lipinski definition) is 2. The maximum Gasteiger partial charge on any atom is 0.0991 e. The highest BCUT2D eigenvalue weighted by Crippen LogP contribution is 2.31. The highest BCUT2D eigenvalue weighted by molar-refractivity contribution is 5.96. The molecule has 0 aliphatic rings. The van der Waals surface area contributed by atoms with Crippen molar-refractivity contribution < 1.29 is 10.4 Å². The maximum absolute atomic E-state index is 9.99. The third kappa shape index (κ3) is 3.10. The molecule has 0 saturated carbocycles. The third-order valence-corrected chi connectivity index (χ3v) is 5.70. The Bertz CT molecular complexity index is 1250. The van der Waals surface area contributed by atoms with Crippen LogP contribution in [0.4, 0.5) is 0 Å². The molecule has 8 nitrogen and oxygen atoms in total. The van der Waals surface area contributed by atoms with Gasteiger partial charge < -0.3 is 15.0 Å². The molecule has 0 saturated heterocycles. The molecule has 0 spiro atoms. The molecule has 0 aliphatic heterocycles. The molecule has 2 aromatic carbocycles. The topological polar surface area (TPSA) is 101 Å². The minimum Gasteiger partial charge on any atom is -0.411 e. The van der Waals surface area contributed by atoms with Gasteiger partial charge in [0.15, 0.2) is 0 Å². The Kier molecular flexibility index (Phi) is 4.77. The van der Waals surface area contributed by atoms with E-state index in [9.17, 15) is 10.4 Å². The molecular formula is C22H24N6O2. The molecule has 0 aliphatic carbocycles. The summed E-state index contributed by atoms with van der Waals surface area (Å²) < 4.78 is 3.77. The van der Waals surface area contributed by atoms with Crippen LogP contribution in [0.5, 0.6) is 0 Å². The fourth-order valence-electron chi connectivity index (χ4n) is 3.94. The molecule has 2 heterocycles. The van der Waals surface area contributed by atoms with E-state index in [0.29, 0.717) is 5.71 Å². The van der Waals surface area contributed by atoms with E-state index in [1.54, 1.807) is 12.5 Å². The fraction of sp³-hybridized carbons (Fsp3) is 0.273. The molecule has 1 unspecified atom stereocenters. The normalized spacial score (nSPS) is 15.2. The van der Waals surface area contributed by atoms with Crippen LogP contribution in [0.2, 0.25) is 0 Å². The summed E-state index contributed by atoms with van der Waals surface area (Å²) >= 11 is 0. The van der Waals surface area contributed by atoms with Crippen molar-refractivity contribution in [3.63, 3.8) is 0 Å². The lowest BCUT2D eigenvalue weighted by Gasteiger charge is -2.33. The van der Waals surface area contributed by atoms with Crippen LogP contribution in [0.15, 0.2) is 71.4 Å².